The number of nitrogens with zero attached hydrogens (tertiary/aromatic N) is 4. The van der Waals surface area contributed by atoms with E-state index in [1.165, 1.54) is 0 Å². The van der Waals surface area contributed by atoms with Crippen LogP contribution in [0.2, 0.25) is 0 Å². The van der Waals surface area contributed by atoms with E-state index >= 15 is 0 Å². The molecule has 26 heavy (non-hydrogen) atoms. The Labute approximate surface area is 150 Å². The minimum Gasteiger partial charge on any atom is -0.356 e. The zero-order valence-corrected chi connectivity index (χ0v) is 14.7. The Bertz CT molecular complexity index is 1020. The van der Waals surface area contributed by atoms with E-state index < -0.39 is 0 Å². The van der Waals surface area contributed by atoms with Crippen molar-refractivity contribution in [3.63, 3.8) is 0 Å². The lowest BCUT2D eigenvalue weighted by Crippen LogP contribution is -2.50. The highest BCUT2D eigenvalue weighted by atomic mass is 15.2. The van der Waals surface area contributed by atoms with Crippen LogP contribution in [0.25, 0.3) is 22.1 Å². The normalized spacial score (nSPS) is 17.2. The Kier molecular flexibility index (Phi) is 3.43. The molecule has 4 aromatic rings. The van der Waals surface area contributed by atoms with Gasteiger partial charge in [-0.25, -0.2) is 15.0 Å². The van der Waals surface area contributed by atoms with E-state index in [1.807, 2.05) is 31.4 Å². The summed E-state index contributed by atoms with van der Waals surface area (Å²) in [5.41, 5.74) is 2.85. The third kappa shape index (κ3) is 2.28. The van der Waals surface area contributed by atoms with Crippen molar-refractivity contribution in [3.05, 3.63) is 48.7 Å². The summed E-state index contributed by atoms with van der Waals surface area (Å²) in [4.78, 5) is 22.7. The molecule has 0 unspecified atom stereocenters. The van der Waals surface area contributed by atoms with Crippen LogP contribution < -0.4 is 10.2 Å². The quantitative estimate of drug-likeness (QED) is 0.530. The molecule has 4 heterocycles. The first-order valence-electron chi connectivity index (χ1n) is 8.96. The molecule has 1 aliphatic rings. The number of aromatic amines is 2. The summed E-state index contributed by atoms with van der Waals surface area (Å²) in [6.07, 6.45) is 5.46. The van der Waals surface area contributed by atoms with Crippen LogP contribution in [0, 0.1) is 0 Å². The molecule has 0 aliphatic carbocycles. The highest BCUT2D eigenvalue weighted by molar-refractivity contribution is 5.87. The zero-order chi connectivity index (χ0) is 17.6. The summed E-state index contributed by atoms with van der Waals surface area (Å²) in [6.45, 7) is 1.82. The average molecular weight is 347 g/mol. The number of aromatic nitrogens is 5. The van der Waals surface area contributed by atoms with Gasteiger partial charge in [0.1, 0.15) is 23.6 Å². The van der Waals surface area contributed by atoms with Crippen LogP contribution >= 0.6 is 0 Å². The van der Waals surface area contributed by atoms with Gasteiger partial charge in [0.05, 0.1) is 22.0 Å². The van der Waals surface area contributed by atoms with Crippen LogP contribution in [0.1, 0.15) is 18.7 Å². The van der Waals surface area contributed by atoms with E-state index in [0.29, 0.717) is 0 Å². The monoisotopic (exact) mass is 347 g/mol. The number of imidazole rings is 1. The minimum atomic E-state index is -0.139. The summed E-state index contributed by atoms with van der Waals surface area (Å²) >= 11 is 0. The Morgan fingerprint density at radius 2 is 1.96 bits per heavy atom. The third-order valence-electron chi connectivity index (χ3n) is 5.57. The van der Waals surface area contributed by atoms with Crippen LogP contribution in [-0.4, -0.2) is 45.1 Å². The van der Waals surface area contributed by atoms with E-state index in [-0.39, 0.29) is 5.54 Å². The number of anilines is 1. The molecule has 0 bridgehead atoms. The number of rotatable bonds is 3. The molecule has 0 spiro atoms. The van der Waals surface area contributed by atoms with Crippen LogP contribution in [0.3, 0.4) is 0 Å². The highest BCUT2D eigenvalue weighted by Crippen LogP contribution is 2.34. The van der Waals surface area contributed by atoms with Gasteiger partial charge < -0.3 is 20.2 Å². The molecule has 0 amide bonds. The fourth-order valence-corrected chi connectivity index (χ4v) is 4.00. The van der Waals surface area contributed by atoms with Crippen LogP contribution in [0.15, 0.2) is 42.9 Å². The average Bonchev–Trinajstić information content (AvgIpc) is 3.34. The lowest BCUT2D eigenvalue weighted by Gasteiger charge is -2.41. The topological polar surface area (TPSA) is 85.5 Å². The number of nitrogens with one attached hydrogen (secondary N) is 3. The molecule has 0 atom stereocenters. The van der Waals surface area contributed by atoms with Crippen molar-refractivity contribution in [3.8, 4) is 0 Å². The number of para-hydroxylation sites is 2. The van der Waals surface area contributed by atoms with E-state index in [4.69, 9.17) is 4.98 Å². The van der Waals surface area contributed by atoms with Crippen molar-refractivity contribution >= 4 is 27.9 Å². The molecule has 0 saturated carbocycles. The van der Waals surface area contributed by atoms with E-state index in [0.717, 1.165) is 59.6 Å². The second-order valence-electron chi connectivity index (χ2n) is 6.86. The maximum absolute atomic E-state index is 4.85. The summed E-state index contributed by atoms with van der Waals surface area (Å²) in [5, 5.41) is 4.62. The van der Waals surface area contributed by atoms with Gasteiger partial charge in [0, 0.05) is 19.3 Å². The summed E-state index contributed by atoms with van der Waals surface area (Å²) in [5.74, 6) is 2.03. The molecule has 7 nitrogen and oxygen atoms in total. The standard InChI is InChI=1S/C19H21N7/c1-20-19(18-24-14-4-2-3-5-15(14)25-18)7-10-26(11-8-19)17-13-6-9-21-16(13)22-12-23-17/h2-6,9,12,20H,7-8,10-11H2,1H3,(H,24,25)(H,21,22,23). The van der Waals surface area contributed by atoms with Crippen LogP contribution in [-0.2, 0) is 5.54 Å². The summed E-state index contributed by atoms with van der Waals surface area (Å²) in [6, 6.07) is 10.2. The van der Waals surface area contributed by atoms with Crippen LogP contribution in [0.5, 0.6) is 0 Å². The lowest BCUT2D eigenvalue weighted by molar-refractivity contribution is 0.268. The number of benzene rings is 1. The molecule has 132 valence electrons. The Morgan fingerprint density at radius 3 is 2.77 bits per heavy atom. The Hall–Kier alpha value is -2.93. The molecule has 1 saturated heterocycles. The molecule has 5 rings (SSSR count). The number of hydrogen-bond acceptors (Lipinski definition) is 5. The molecule has 1 aliphatic heterocycles. The fraction of sp³-hybridized carbons (Fsp3) is 0.316. The Balaban J connectivity index is 1.45. The molecule has 0 radical (unpaired) electrons. The first kappa shape index (κ1) is 15.3. The van der Waals surface area contributed by atoms with Crippen molar-refractivity contribution in [2.75, 3.05) is 25.0 Å². The summed E-state index contributed by atoms with van der Waals surface area (Å²) < 4.78 is 0. The molecule has 1 fully saturated rings. The van der Waals surface area contributed by atoms with Crippen molar-refractivity contribution in [2.45, 2.75) is 18.4 Å². The number of fused-ring (bicyclic) bond motifs is 2. The third-order valence-corrected chi connectivity index (χ3v) is 5.57. The zero-order valence-electron chi connectivity index (χ0n) is 14.7. The van der Waals surface area contributed by atoms with Gasteiger partial charge in [0.25, 0.3) is 0 Å². The van der Waals surface area contributed by atoms with Gasteiger partial charge in [-0.05, 0) is 38.1 Å². The molecule has 1 aromatic carbocycles. The van der Waals surface area contributed by atoms with Crippen molar-refractivity contribution in [1.82, 2.24) is 30.2 Å². The first-order chi connectivity index (χ1) is 12.8. The highest BCUT2D eigenvalue weighted by Gasteiger charge is 2.38. The molecular weight excluding hydrogens is 326 g/mol. The Morgan fingerprint density at radius 1 is 1.12 bits per heavy atom. The van der Waals surface area contributed by atoms with E-state index in [9.17, 15) is 0 Å². The van der Waals surface area contributed by atoms with Gasteiger partial charge in [-0.3, -0.25) is 0 Å². The van der Waals surface area contributed by atoms with E-state index in [2.05, 4.69) is 42.3 Å². The van der Waals surface area contributed by atoms with Gasteiger partial charge in [0.2, 0.25) is 0 Å². The van der Waals surface area contributed by atoms with Crippen molar-refractivity contribution < 1.29 is 0 Å². The number of hydrogen-bond donors (Lipinski definition) is 3. The van der Waals surface area contributed by atoms with Crippen molar-refractivity contribution in [1.29, 1.82) is 0 Å². The number of piperidine rings is 1. The van der Waals surface area contributed by atoms with Gasteiger partial charge in [-0.2, -0.15) is 0 Å². The van der Waals surface area contributed by atoms with Gasteiger partial charge in [0.15, 0.2) is 0 Å². The molecule has 7 heteroatoms. The van der Waals surface area contributed by atoms with E-state index in [1.54, 1.807) is 6.33 Å². The SMILES string of the molecule is CNC1(c2nc3ccccc3[nH]2)CCN(c2ncnc3[nH]ccc23)CC1. The molecular formula is C19H21N7. The largest absolute Gasteiger partial charge is 0.356 e. The van der Waals surface area contributed by atoms with Gasteiger partial charge in [-0.1, -0.05) is 12.1 Å². The van der Waals surface area contributed by atoms with Crippen LogP contribution in [0.4, 0.5) is 5.82 Å². The number of H-pyrrole nitrogens is 2. The maximum atomic E-state index is 4.85. The second kappa shape index (κ2) is 5.81. The molecule has 3 N–H and O–H groups in total. The predicted molar refractivity (Wildman–Crippen MR) is 102 cm³/mol. The first-order valence-corrected chi connectivity index (χ1v) is 8.96. The lowest BCUT2D eigenvalue weighted by atomic mass is 9.86. The molecule has 3 aromatic heterocycles. The van der Waals surface area contributed by atoms with Gasteiger partial charge in [-0.15, -0.1) is 0 Å². The second-order valence-corrected chi connectivity index (χ2v) is 6.86. The maximum Gasteiger partial charge on any atom is 0.142 e. The smallest absolute Gasteiger partial charge is 0.142 e. The fourth-order valence-electron chi connectivity index (χ4n) is 4.00. The summed E-state index contributed by atoms with van der Waals surface area (Å²) in [7, 11) is 2.03. The van der Waals surface area contributed by atoms with Crippen molar-refractivity contribution in [2.24, 2.45) is 0 Å². The minimum absolute atomic E-state index is 0.139. The van der Waals surface area contributed by atoms with Gasteiger partial charge >= 0.3 is 0 Å². The predicted octanol–water partition coefficient (Wildman–Crippen LogP) is 2.55.